The zero-order valence-corrected chi connectivity index (χ0v) is 22.4. The van der Waals surface area contributed by atoms with Gasteiger partial charge < -0.3 is 9.47 Å². The van der Waals surface area contributed by atoms with Crippen LogP contribution in [0.5, 0.6) is 11.5 Å². The maximum Gasteiger partial charge on any atom is 0.311 e. The second-order valence-electron chi connectivity index (χ2n) is 9.58. The zero-order valence-electron chi connectivity index (χ0n) is 22.4. The van der Waals surface area contributed by atoms with Crippen LogP contribution < -0.4 is 9.47 Å². The number of nitriles is 1. The molecule has 7 heteroatoms. The molecule has 41 heavy (non-hydrogen) atoms. The van der Waals surface area contributed by atoms with Crippen molar-refractivity contribution in [2.45, 2.75) is 44.9 Å². The van der Waals surface area contributed by atoms with Gasteiger partial charge in [-0.2, -0.15) is 5.26 Å². The first kappa shape index (κ1) is 29.2. The molecule has 0 bridgehead atoms. The summed E-state index contributed by atoms with van der Waals surface area (Å²) in [6, 6.07) is 26.3. The van der Waals surface area contributed by atoms with Crippen LogP contribution in [0.4, 0.5) is 8.78 Å². The summed E-state index contributed by atoms with van der Waals surface area (Å²) in [6.07, 6.45) is 4.33. The van der Waals surface area contributed by atoms with Gasteiger partial charge in [0.2, 0.25) is 0 Å². The molecule has 4 aromatic rings. The monoisotopic (exact) mass is 553 g/mol. The quantitative estimate of drug-likeness (QED) is 0.1000. The van der Waals surface area contributed by atoms with Gasteiger partial charge in [-0.05, 0) is 78.1 Å². The molecular formula is C34H29F2NO4. The number of hydrogen-bond donors (Lipinski definition) is 0. The molecule has 0 radical (unpaired) electrons. The summed E-state index contributed by atoms with van der Waals surface area (Å²) in [5, 5.41) is 8.91. The van der Waals surface area contributed by atoms with Gasteiger partial charge in [-0.3, -0.25) is 9.59 Å². The van der Waals surface area contributed by atoms with Crippen LogP contribution in [0, 0.1) is 23.0 Å². The predicted octanol–water partition coefficient (Wildman–Crippen LogP) is 8.41. The maximum atomic E-state index is 14.5. The standard InChI is InChI=1S/C34H29F2NO4/c35-28-16-12-27(13-17-28)31-21-20-30(22-32(31)36)41-34(39)7-5-3-1-2-4-6-33(38)40-29-18-14-26(15-19-29)25-10-8-24(23-37)9-11-25/h8-22H,1-7H2. The first-order valence-corrected chi connectivity index (χ1v) is 13.5. The second kappa shape index (κ2) is 14.5. The lowest BCUT2D eigenvalue weighted by Gasteiger charge is -2.08. The first-order chi connectivity index (χ1) is 19.9. The van der Waals surface area contributed by atoms with Crippen LogP contribution in [0.2, 0.25) is 0 Å². The Balaban J connectivity index is 1.09. The minimum Gasteiger partial charge on any atom is -0.427 e. The lowest BCUT2D eigenvalue weighted by atomic mass is 10.0. The average Bonchev–Trinajstić information content (AvgIpc) is 2.98. The number of rotatable bonds is 12. The molecular weight excluding hydrogens is 524 g/mol. The van der Waals surface area contributed by atoms with Crippen LogP contribution in [0.3, 0.4) is 0 Å². The lowest BCUT2D eigenvalue weighted by Crippen LogP contribution is -2.08. The van der Waals surface area contributed by atoms with E-state index in [-0.39, 0.29) is 18.1 Å². The third-order valence-electron chi connectivity index (χ3n) is 6.52. The average molecular weight is 554 g/mol. The van der Waals surface area contributed by atoms with E-state index in [1.54, 1.807) is 24.3 Å². The van der Waals surface area contributed by atoms with Gasteiger partial charge >= 0.3 is 11.9 Å². The Morgan fingerprint density at radius 3 is 1.66 bits per heavy atom. The van der Waals surface area contributed by atoms with Crippen molar-refractivity contribution in [3.05, 3.63) is 108 Å². The number of halogens is 2. The van der Waals surface area contributed by atoms with Crippen molar-refractivity contribution in [1.29, 1.82) is 5.26 Å². The van der Waals surface area contributed by atoms with Crippen molar-refractivity contribution in [1.82, 2.24) is 0 Å². The molecule has 0 heterocycles. The highest BCUT2D eigenvalue weighted by Crippen LogP contribution is 2.27. The van der Waals surface area contributed by atoms with Crippen molar-refractivity contribution in [2.75, 3.05) is 0 Å². The Kier molecular flexibility index (Phi) is 10.3. The molecule has 0 aromatic heterocycles. The predicted molar refractivity (Wildman–Crippen MR) is 152 cm³/mol. The fourth-order valence-corrected chi connectivity index (χ4v) is 4.31. The summed E-state index contributed by atoms with van der Waals surface area (Å²) < 4.78 is 38.2. The molecule has 0 aliphatic carbocycles. The van der Waals surface area contributed by atoms with E-state index < -0.39 is 17.6 Å². The largest absolute Gasteiger partial charge is 0.427 e. The highest BCUT2D eigenvalue weighted by atomic mass is 19.1. The molecule has 208 valence electrons. The van der Waals surface area contributed by atoms with E-state index in [0.717, 1.165) is 36.5 Å². The van der Waals surface area contributed by atoms with E-state index in [4.69, 9.17) is 14.7 Å². The molecule has 0 saturated heterocycles. The Morgan fingerprint density at radius 2 is 1.10 bits per heavy atom. The number of esters is 2. The van der Waals surface area contributed by atoms with Crippen LogP contribution in [0.15, 0.2) is 91.0 Å². The molecule has 0 spiro atoms. The Morgan fingerprint density at radius 1 is 0.610 bits per heavy atom. The topological polar surface area (TPSA) is 76.4 Å². The number of benzene rings is 4. The minimum atomic E-state index is -0.555. The first-order valence-electron chi connectivity index (χ1n) is 13.5. The van der Waals surface area contributed by atoms with E-state index >= 15 is 0 Å². The zero-order chi connectivity index (χ0) is 29.0. The van der Waals surface area contributed by atoms with E-state index in [1.165, 1.54) is 36.4 Å². The van der Waals surface area contributed by atoms with Crippen molar-refractivity contribution in [3.8, 4) is 39.8 Å². The number of nitrogens with zero attached hydrogens (tertiary/aromatic N) is 1. The van der Waals surface area contributed by atoms with Gasteiger partial charge in [0, 0.05) is 24.5 Å². The van der Waals surface area contributed by atoms with Crippen LogP contribution >= 0.6 is 0 Å². The highest BCUT2D eigenvalue weighted by Gasteiger charge is 2.11. The van der Waals surface area contributed by atoms with Crippen LogP contribution in [0.1, 0.15) is 50.5 Å². The van der Waals surface area contributed by atoms with E-state index in [9.17, 15) is 18.4 Å². The van der Waals surface area contributed by atoms with Crippen LogP contribution in [0.25, 0.3) is 22.3 Å². The third-order valence-corrected chi connectivity index (χ3v) is 6.52. The molecule has 0 unspecified atom stereocenters. The number of unbranched alkanes of at least 4 members (excludes halogenated alkanes) is 4. The minimum absolute atomic E-state index is 0.126. The van der Waals surface area contributed by atoms with Crippen molar-refractivity contribution >= 4 is 11.9 Å². The van der Waals surface area contributed by atoms with Gasteiger partial charge in [-0.15, -0.1) is 0 Å². The summed E-state index contributed by atoms with van der Waals surface area (Å²) in [6.45, 7) is 0. The van der Waals surface area contributed by atoms with Crippen molar-refractivity contribution in [2.24, 2.45) is 0 Å². The SMILES string of the molecule is N#Cc1ccc(-c2ccc(OC(=O)CCCCCCCC(=O)Oc3ccc(-c4ccc(F)cc4)c(F)c3)cc2)cc1. The molecule has 0 aliphatic rings. The van der Waals surface area contributed by atoms with Gasteiger partial charge in [-0.25, -0.2) is 8.78 Å². The Bertz CT molecular complexity index is 1510. The summed E-state index contributed by atoms with van der Waals surface area (Å²) in [4.78, 5) is 24.3. The second-order valence-corrected chi connectivity index (χ2v) is 9.58. The molecule has 0 fully saturated rings. The smallest absolute Gasteiger partial charge is 0.311 e. The van der Waals surface area contributed by atoms with E-state index in [2.05, 4.69) is 6.07 Å². The highest BCUT2D eigenvalue weighted by molar-refractivity contribution is 5.74. The molecule has 0 aliphatic heterocycles. The van der Waals surface area contributed by atoms with Crippen molar-refractivity contribution < 1.29 is 27.8 Å². The van der Waals surface area contributed by atoms with Crippen LogP contribution in [-0.4, -0.2) is 11.9 Å². The van der Waals surface area contributed by atoms with E-state index in [0.29, 0.717) is 41.7 Å². The van der Waals surface area contributed by atoms with E-state index in [1.807, 2.05) is 24.3 Å². The summed E-state index contributed by atoms with van der Waals surface area (Å²) in [7, 11) is 0. The number of hydrogen-bond acceptors (Lipinski definition) is 5. The summed E-state index contributed by atoms with van der Waals surface area (Å²) in [5.41, 5.74) is 3.37. The maximum absolute atomic E-state index is 14.5. The molecule has 4 rings (SSSR count). The van der Waals surface area contributed by atoms with Gasteiger partial charge in [0.15, 0.2) is 0 Å². The Hall–Kier alpha value is -4.83. The number of carbonyl (C=O) groups excluding carboxylic acids is 2. The summed E-state index contributed by atoms with van der Waals surface area (Å²) in [5.74, 6) is -1.08. The molecule has 0 saturated carbocycles. The van der Waals surface area contributed by atoms with Gasteiger partial charge in [0.25, 0.3) is 0 Å². The molecule has 0 atom stereocenters. The Labute approximate surface area is 238 Å². The van der Waals surface area contributed by atoms with Crippen LogP contribution in [-0.2, 0) is 9.59 Å². The number of carbonyl (C=O) groups is 2. The fourth-order valence-electron chi connectivity index (χ4n) is 4.31. The lowest BCUT2D eigenvalue weighted by molar-refractivity contribution is -0.135. The van der Waals surface area contributed by atoms with Gasteiger partial charge in [0.05, 0.1) is 11.6 Å². The normalized spacial score (nSPS) is 10.6. The van der Waals surface area contributed by atoms with Gasteiger partial charge in [-0.1, -0.05) is 55.7 Å². The van der Waals surface area contributed by atoms with Crippen molar-refractivity contribution in [3.63, 3.8) is 0 Å². The number of ether oxygens (including phenoxy) is 2. The van der Waals surface area contributed by atoms with Gasteiger partial charge in [0.1, 0.15) is 23.1 Å². The molecule has 0 amide bonds. The molecule has 4 aromatic carbocycles. The summed E-state index contributed by atoms with van der Waals surface area (Å²) >= 11 is 0. The third kappa shape index (κ3) is 8.84. The molecule has 5 nitrogen and oxygen atoms in total. The molecule has 0 N–H and O–H groups in total. The fraction of sp³-hybridized carbons (Fsp3) is 0.206.